The van der Waals surface area contributed by atoms with Crippen molar-refractivity contribution in [3.63, 3.8) is 0 Å². The molecule has 122 valence electrons. The van der Waals surface area contributed by atoms with E-state index in [0.717, 1.165) is 5.56 Å². The molecular weight excluding hydrogens is 333 g/mol. The highest BCUT2D eigenvalue weighted by Crippen LogP contribution is 2.29. The van der Waals surface area contributed by atoms with Gasteiger partial charge >= 0.3 is 0 Å². The molecule has 23 heavy (non-hydrogen) atoms. The van der Waals surface area contributed by atoms with Crippen LogP contribution < -0.4 is 5.32 Å². The van der Waals surface area contributed by atoms with Gasteiger partial charge in [-0.3, -0.25) is 4.79 Å². The first-order valence-corrected chi connectivity index (χ1v) is 8.37. The third-order valence-electron chi connectivity index (χ3n) is 3.54. The molecule has 2 aromatic carbocycles. The van der Waals surface area contributed by atoms with Gasteiger partial charge in [0.1, 0.15) is 6.10 Å². The second-order valence-electron chi connectivity index (χ2n) is 5.24. The van der Waals surface area contributed by atoms with E-state index in [9.17, 15) is 9.90 Å². The summed E-state index contributed by atoms with van der Waals surface area (Å²) < 4.78 is 0. The molecular formula is C18H19Cl2NO2. The van der Waals surface area contributed by atoms with Crippen molar-refractivity contribution in [2.45, 2.75) is 25.0 Å². The normalized spacial score (nSPS) is 13.3. The van der Waals surface area contributed by atoms with E-state index >= 15 is 0 Å². The number of aliphatic hydroxyl groups excluding tert-OH is 1. The van der Waals surface area contributed by atoms with Gasteiger partial charge in [-0.15, -0.1) is 11.6 Å². The first-order valence-electron chi connectivity index (χ1n) is 7.45. The highest BCUT2D eigenvalue weighted by Gasteiger charge is 2.24. The van der Waals surface area contributed by atoms with E-state index < -0.39 is 12.1 Å². The Balaban J connectivity index is 2.22. The molecule has 0 heterocycles. The third kappa shape index (κ3) is 5.24. The second-order valence-corrected chi connectivity index (χ2v) is 6.06. The number of rotatable bonds is 7. The van der Waals surface area contributed by atoms with Gasteiger partial charge in [0.15, 0.2) is 0 Å². The van der Waals surface area contributed by atoms with E-state index in [-0.39, 0.29) is 5.91 Å². The summed E-state index contributed by atoms with van der Waals surface area (Å²) >= 11 is 11.5. The molecule has 2 rings (SSSR count). The Bertz CT molecular complexity index is 617. The van der Waals surface area contributed by atoms with Crippen molar-refractivity contribution >= 4 is 29.1 Å². The number of nitrogens with one attached hydrogen (secondary N) is 1. The molecule has 3 nitrogen and oxygen atoms in total. The highest BCUT2D eigenvalue weighted by atomic mass is 35.5. The Hall–Kier alpha value is -1.55. The predicted molar refractivity (Wildman–Crippen MR) is 93.7 cm³/mol. The van der Waals surface area contributed by atoms with Gasteiger partial charge in [0.05, 0.1) is 6.04 Å². The quantitative estimate of drug-likeness (QED) is 0.732. The average Bonchev–Trinajstić information content (AvgIpc) is 2.58. The van der Waals surface area contributed by atoms with Gasteiger partial charge in [0.25, 0.3) is 0 Å². The zero-order chi connectivity index (χ0) is 16.7. The fourth-order valence-electron chi connectivity index (χ4n) is 2.33. The van der Waals surface area contributed by atoms with E-state index in [1.54, 1.807) is 24.3 Å². The lowest BCUT2D eigenvalue weighted by Gasteiger charge is -2.25. The molecule has 0 bridgehead atoms. The van der Waals surface area contributed by atoms with Crippen LogP contribution in [0, 0.1) is 0 Å². The number of halogens is 2. The molecule has 0 spiro atoms. The zero-order valence-corrected chi connectivity index (χ0v) is 14.1. The minimum atomic E-state index is -0.866. The van der Waals surface area contributed by atoms with Crippen LogP contribution in [-0.2, 0) is 4.79 Å². The van der Waals surface area contributed by atoms with Crippen molar-refractivity contribution < 1.29 is 9.90 Å². The lowest BCUT2D eigenvalue weighted by molar-refractivity contribution is -0.122. The van der Waals surface area contributed by atoms with Crippen molar-refractivity contribution in [1.82, 2.24) is 5.32 Å². The molecule has 2 unspecified atom stereocenters. The molecule has 0 aliphatic heterocycles. The van der Waals surface area contributed by atoms with Gasteiger partial charge in [-0.25, -0.2) is 0 Å². The van der Waals surface area contributed by atoms with Gasteiger partial charge in [-0.1, -0.05) is 54.1 Å². The summed E-state index contributed by atoms with van der Waals surface area (Å²) in [6.07, 6.45) is 0.0705. The van der Waals surface area contributed by atoms with Crippen molar-refractivity contribution in [2.75, 3.05) is 5.88 Å². The lowest BCUT2D eigenvalue weighted by atomic mass is 9.95. The van der Waals surface area contributed by atoms with Gasteiger partial charge in [-0.2, -0.15) is 0 Å². The maximum atomic E-state index is 12.1. The van der Waals surface area contributed by atoms with Gasteiger partial charge < -0.3 is 10.4 Å². The largest absolute Gasteiger partial charge is 0.386 e. The number of amides is 1. The van der Waals surface area contributed by atoms with E-state index in [4.69, 9.17) is 23.2 Å². The molecule has 0 radical (unpaired) electrons. The number of alkyl halides is 1. The number of benzene rings is 2. The Kier molecular flexibility index (Phi) is 6.90. The molecule has 2 atom stereocenters. The smallest absolute Gasteiger partial charge is 0.220 e. The Morgan fingerprint density at radius 1 is 1.04 bits per heavy atom. The highest BCUT2D eigenvalue weighted by molar-refractivity contribution is 6.30. The standard InChI is InChI=1S/C18H19Cl2NO2/c19-12-4-7-16(22)21-17(13-5-2-1-3-6-13)18(23)14-8-10-15(20)11-9-14/h1-3,5-6,8-11,17-18,23H,4,7,12H2,(H,21,22). The van der Waals surface area contributed by atoms with Crippen LogP contribution in [0.5, 0.6) is 0 Å². The monoisotopic (exact) mass is 351 g/mol. The summed E-state index contributed by atoms with van der Waals surface area (Å²) in [4.78, 5) is 12.1. The minimum Gasteiger partial charge on any atom is -0.386 e. The summed E-state index contributed by atoms with van der Waals surface area (Å²) in [5.74, 6) is 0.302. The van der Waals surface area contributed by atoms with Crippen molar-refractivity contribution in [3.05, 3.63) is 70.7 Å². The minimum absolute atomic E-state index is 0.132. The fraction of sp³-hybridized carbons (Fsp3) is 0.278. The zero-order valence-electron chi connectivity index (χ0n) is 12.6. The van der Waals surface area contributed by atoms with Crippen LogP contribution in [0.25, 0.3) is 0 Å². The van der Waals surface area contributed by atoms with E-state index in [1.165, 1.54) is 0 Å². The summed E-state index contributed by atoms with van der Waals surface area (Å²) in [7, 11) is 0. The van der Waals surface area contributed by atoms with Crippen LogP contribution in [0.3, 0.4) is 0 Å². The van der Waals surface area contributed by atoms with E-state index in [0.29, 0.717) is 29.3 Å². The second kappa shape index (κ2) is 8.92. The van der Waals surface area contributed by atoms with Gasteiger partial charge in [0.2, 0.25) is 5.91 Å². The third-order valence-corrected chi connectivity index (χ3v) is 4.06. The van der Waals surface area contributed by atoms with Crippen molar-refractivity contribution in [1.29, 1.82) is 0 Å². The maximum absolute atomic E-state index is 12.1. The summed E-state index contributed by atoms with van der Waals surface area (Å²) in [6.45, 7) is 0. The Morgan fingerprint density at radius 2 is 1.70 bits per heavy atom. The van der Waals surface area contributed by atoms with E-state index in [2.05, 4.69) is 5.32 Å². The van der Waals surface area contributed by atoms with Gasteiger partial charge in [-0.05, 0) is 29.7 Å². The fourth-order valence-corrected chi connectivity index (χ4v) is 2.59. The van der Waals surface area contributed by atoms with Crippen LogP contribution in [0.1, 0.15) is 36.1 Å². The number of carbonyl (C=O) groups is 1. The molecule has 2 N–H and O–H groups in total. The molecule has 0 fully saturated rings. The van der Waals surface area contributed by atoms with Crippen LogP contribution in [0.15, 0.2) is 54.6 Å². The summed E-state index contributed by atoms with van der Waals surface area (Å²) in [5.41, 5.74) is 1.54. The molecule has 1 amide bonds. The van der Waals surface area contributed by atoms with Crippen LogP contribution in [0.4, 0.5) is 0 Å². The van der Waals surface area contributed by atoms with Crippen molar-refractivity contribution in [3.8, 4) is 0 Å². The van der Waals surface area contributed by atoms with Crippen molar-refractivity contribution in [2.24, 2.45) is 0 Å². The van der Waals surface area contributed by atoms with Gasteiger partial charge in [0, 0.05) is 17.3 Å². The SMILES string of the molecule is O=C(CCCCl)NC(c1ccccc1)C(O)c1ccc(Cl)cc1. The molecule has 0 aromatic heterocycles. The van der Waals surface area contributed by atoms with Crippen LogP contribution in [-0.4, -0.2) is 16.9 Å². The molecule has 2 aromatic rings. The van der Waals surface area contributed by atoms with E-state index in [1.807, 2.05) is 30.3 Å². The topological polar surface area (TPSA) is 49.3 Å². The lowest BCUT2D eigenvalue weighted by Crippen LogP contribution is -2.32. The number of hydrogen-bond donors (Lipinski definition) is 2. The maximum Gasteiger partial charge on any atom is 0.220 e. The molecule has 0 saturated carbocycles. The predicted octanol–water partition coefficient (Wildman–Crippen LogP) is 4.25. The van der Waals surface area contributed by atoms with Crippen LogP contribution in [0.2, 0.25) is 5.02 Å². The first kappa shape index (κ1) is 17.8. The Morgan fingerprint density at radius 3 is 2.30 bits per heavy atom. The van der Waals surface area contributed by atoms with Crippen LogP contribution >= 0.6 is 23.2 Å². The average molecular weight is 352 g/mol. The number of carbonyl (C=O) groups excluding carboxylic acids is 1. The number of hydrogen-bond acceptors (Lipinski definition) is 2. The molecule has 0 aliphatic rings. The summed E-state index contributed by atoms with van der Waals surface area (Å²) in [6, 6.07) is 15.8. The molecule has 0 saturated heterocycles. The molecule has 0 aliphatic carbocycles. The first-order chi connectivity index (χ1) is 11.1. The summed E-state index contributed by atoms with van der Waals surface area (Å²) in [5, 5.41) is 14.2. The number of aliphatic hydroxyl groups is 1. The Labute approximate surface area is 146 Å². The molecule has 5 heteroatoms.